The second kappa shape index (κ2) is 8.38. The predicted molar refractivity (Wildman–Crippen MR) is 121 cm³/mol. The number of halogens is 1. The van der Waals surface area contributed by atoms with Crippen LogP contribution in [-0.2, 0) is 0 Å². The fraction of sp³-hybridized carbons (Fsp3) is 0.320. The highest BCUT2D eigenvalue weighted by Gasteiger charge is 2.36. The summed E-state index contributed by atoms with van der Waals surface area (Å²) in [6.07, 6.45) is 3.17. The van der Waals surface area contributed by atoms with Crippen molar-refractivity contribution in [3.63, 3.8) is 0 Å². The molecule has 5 rings (SSSR count). The number of likely N-dealkylation sites (tertiary alicyclic amines) is 1. The fourth-order valence-corrected chi connectivity index (χ4v) is 4.99. The van der Waals surface area contributed by atoms with E-state index in [9.17, 15) is 4.79 Å². The van der Waals surface area contributed by atoms with Crippen LogP contribution in [0.5, 0.6) is 11.5 Å². The molecule has 4 nitrogen and oxygen atoms in total. The third kappa shape index (κ3) is 3.71. The summed E-state index contributed by atoms with van der Waals surface area (Å²) in [5.74, 6) is 1.69. The molecule has 0 aromatic heterocycles. The van der Waals surface area contributed by atoms with Crippen molar-refractivity contribution >= 4 is 28.2 Å². The van der Waals surface area contributed by atoms with Gasteiger partial charge in [0.25, 0.3) is 0 Å². The quantitative estimate of drug-likeness (QED) is 0.569. The van der Waals surface area contributed by atoms with Crippen molar-refractivity contribution in [1.29, 1.82) is 0 Å². The minimum Gasteiger partial charge on any atom is -0.457 e. The van der Waals surface area contributed by atoms with Gasteiger partial charge in [0.15, 0.2) is 5.78 Å². The largest absolute Gasteiger partial charge is 0.457 e. The highest BCUT2D eigenvalue weighted by atomic mass is 35.5. The Morgan fingerprint density at radius 1 is 1.00 bits per heavy atom. The molecule has 2 fully saturated rings. The summed E-state index contributed by atoms with van der Waals surface area (Å²) in [5.41, 5.74) is 0.756. The van der Waals surface area contributed by atoms with Gasteiger partial charge >= 0.3 is 0 Å². The van der Waals surface area contributed by atoms with Crippen LogP contribution in [0.2, 0.25) is 5.02 Å². The van der Waals surface area contributed by atoms with Crippen molar-refractivity contribution in [2.45, 2.75) is 31.3 Å². The Morgan fingerprint density at radius 2 is 1.80 bits per heavy atom. The van der Waals surface area contributed by atoms with Gasteiger partial charge in [-0.1, -0.05) is 35.9 Å². The first kappa shape index (κ1) is 19.6. The number of hydrogen-bond acceptors (Lipinski definition) is 4. The van der Waals surface area contributed by atoms with Gasteiger partial charge in [-0.2, -0.15) is 0 Å². The summed E-state index contributed by atoms with van der Waals surface area (Å²) in [6, 6.07) is 19.7. The van der Waals surface area contributed by atoms with E-state index in [0.29, 0.717) is 16.8 Å². The predicted octanol–water partition coefficient (Wildman–Crippen LogP) is 5.29. The molecule has 2 saturated heterocycles. The van der Waals surface area contributed by atoms with Crippen LogP contribution in [0.25, 0.3) is 10.8 Å². The molecule has 5 heteroatoms. The van der Waals surface area contributed by atoms with E-state index >= 15 is 0 Å². The number of carbonyl (C=O) groups excluding carboxylic acids is 1. The number of ketones is 1. The molecule has 30 heavy (non-hydrogen) atoms. The van der Waals surface area contributed by atoms with Crippen LogP contribution in [0.1, 0.15) is 29.6 Å². The maximum Gasteiger partial charge on any atom is 0.179 e. The zero-order valence-corrected chi connectivity index (χ0v) is 17.6. The van der Waals surface area contributed by atoms with Crippen LogP contribution in [0.15, 0.2) is 60.7 Å². The molecule has 0 aliphatic carbocycles. The Hall–Kier alpha value is -2.40. The van der Waals surface area contributed by atoms with Gasteiger partial charge in [0.05, 0.1) is 6.04 Å². The number of carbonyl (C=O) groups is 1. The van der Waals surface area contributed by atoms with Gasteiger partial charge in [0.1, 0.15) is 11.5 Å². The standard InChI is InChI=1S/C25H25ClN2O2/c26-22-11-12-24(21-5-2-1-4-20(21)22)30-19-9-7-17(8-10-19)25(29)23-6-3-15-28(23)18-13-14-27-16-18/h1-2,4-5,7-12,18,23,27H,3,6,13-16H2. The number of nitrogens with zero attached hydrogens (tertiary/aromatic N) is 1. The molecule has 2 atom stereocenters. The van der Waals surface area contributed by atoms with Crippen molar-refractivity contribution in [2.24, 2.45) is 0 Å². The van der Waals surface area contributed by atoms with E-state index in [4.69, 9.17) is 16.3 Å². The normalized spacial score (nSPS) is 21.9. The number of rotatable bonds is 5. The number of fused-ring (bicyclic) bond motifs is 1. The number of Topliss-reactive ketones (excluding diaryl/α,β-unsaturated/α-hetero) is 1. The number of hydrogen-bond donors (Lipinski definition) is 1. The van der Waals surface area contributed by atoms with Crippen LogP contribution < -0.4 is 10.1 Å². The Balaban J connectivity index is 1.34. The Bertz CT molecular complexity index is 1060. The lowest BCUT2D eigenvalue weighted by atomic mass is 10.0. The van der Waals surface area contributed by atoms with Crippen LogP contribution in [0.3, 0.4) is 0 Å². The molecule has 0 spiro atoms. The van der Waals surface area contributed by atoms with Gasteiger partial charge in [-0.05, 0) is 68.8 Å². The molecule has 154 valence electrons. The minimum absolute atomic E-state index is 0.00174. The monoisotopic (exact) mass is 420 g/mol. The van der Waals surface area contributed by atoms with Crippen molar-refractivity contribution in [2.75, 3.05) is 19.6 Å². The number of ether oxygens (including phenoxy) is 1. The average molecular weight is 421 g/mol. The Morgan fingerprint density at radius 3 is 2.57 bits per heavy atom. The molecule has 2 aliphatic rings. The first-order valence-electron chi connectivity index (χ1n) is 10.7. The van der Waals surface area contributed by atoms with E-state index in [1.807, 2.05) is 60.7 Å². The molecule has 0 amide bonds. The van der Waals surface area contributed by atoms with Gasteiger partial charge < -0.3 is 10.1 Å². The van der Waals surface area contributed by atoms with Crippen molar-refractivity contribution in [3.8, 4) is 11.5 Å². The van der Waals surface area contributed by atoms with E-state index in [2.05, 4.69) is 10.2 Å². The van der Waals surface area contributed by atoms with Crippen molar-refractivity contribution < 1.29 is 9.53 Å². The number of benzene rings is 3. The summed E-state index contributed by atoms with van der Waals surface area (Å²) in [7, 11) is 0. The Labute approximate surface area is 181 Å². The van der Waals surface area contributed by atoms with Gasteiger partial charge in [-0.3, -0.25) is 9.69 Å². The van der Waals surface area contributed by atoms with E-state index in [0.717, 1.165) is 61.0 Å². The molecular formula is C25H25ClN2O2. The zero-order chi connectivity index (χ0) is 20.5. The van der Waals surface area contributed by atoms with E-state index in [1.165, 1.54) is 0 Å². The van der Waals surface area contributed by atoms with Gasteiger partial charge in [-0.15, -0.1) is 0 Å². The summed E-state index contributed by atoms with van der Waals surface area (Å²) >= 11 is 6.31. The summed E-state index contributed by atoms with van der Waals surface area (Å²) in [6.45, 7) is 3.06. The highest BCUT2D eigenvalue weighted by molar-refractivity contribution is 6.35. The average Bonchev–Trinajstić information content (AvgIpc) is 3.48. The molecule has 0 bridgehead atoms. The molecule has 0 saturated carbocycles. The van der Waals surface area contributed by atoms with E-state index in [1.54, 1.807) is 0 Å². The van der Waals surface area contributed by atoms with Crippen molar-refractivity contribution in [1.82, 2.24) is 10.2 Å². The zero-order valence-electron chi connectivity index (χ0n) is 16.8. The van der Waals surface area contributed by atoms with Crippen LogP contribution in [0, 0.1) is 0 Å². The fourth-order valence-electron chi connectivity index (χ4n) is 4.76. The van der Waals surface area contributed by atoms with Crippen LogP contribution in [0.4, 0.5) is 0 Å². The lowest BCUT2D eigenvalue weighted by Gasteiger charge is -2.29. The highest BCUT2D eigenvalue weighted by Crippen LogP contribution is 2.34. The summed E-state index contributed by atoms with van der Waals surface area (Å²) in [5, 5.41) is 6.06. The molecule has 2 unspecified atom stereocenters. The van der Waals surface area contributed by atoms with Gasteiger partial charge in [-0.25, -0.2) is 0 Å². The van der Waals surface area contributed by atoms with E-state index in [-0.39, 0.29) is 11.8 Å². The molecule has 2 aliphatic heterocycles. The lowest BCUT2D eigenvalue weighted by Crippen LogP contribution is -2.44. The molecular weight excluding hydrogens is 396 g/mol. The van der Waals surface area contributed by atoms with Gasteiger partial charge in [0.2, 0.25) is 0 Å². The van der Waals surface area contributed by atoms with E-state index < -0.39 is 0 Å². The maximum absolute atomic E-state index is 13.2. The van der Waals surface area contributed by atoms with Gasteiger partial charge in [0, 0.05) is 33.9 Å². The minimum atomic E-state index is 0.00174. The lowest BCUT2D eigenvalue weighted by molar-refractivity contribution is 0.0826. The third-order valence-electron chi connectivity index (χ3n) is 6.30. The maximum atomic E-state index is 13.2. The van der Waals surface area contributed by atoms with Crippen molar-refractivity contribution in [3.05, 3.63) is 71.2 Å². The first-order valence-corrected chi connectivity index (χ1v) is 11.0. The second-order valence-electron chi connectivity index (χ2n) is 8.12. The summed E-state index contributed by atoms with van der Waals surface area (Å²) < 4.78 is 6.12. The Kier molecular flexibility index (Phi) is 5.47. The topological polar surface area (TPSA) is 41.6 Å². The van der Waals surface area contributed by atoms with Crippen LogP contribution >= 0.6 is 11.6 Å². The molecule has 0 radical (unpaired) electrons. The molecule has 2 heterocycles. The SMILES string of the molecule is O=C(c1ccc(Oc2ccc(Cl)c3ccccc23)cc1)C1CCCN1C1CCNC1. The van der Waals surface area contributed by atoms with Crippen LogP contribution in [-0.4, -0.2) is 42.4 Å². The summed E-state index contributed by atoms with van der Waals surface area (Å²) in [4.78, 5) is 15.6. The molecule has 3 aromatic carbocycles. The third-order valence-corrected chi connectivity index (χ3v) is 6.63. The number of nitrogens with one attached hydrogen (secondary N) is 1. The smallest absolute Gasteiger partial charge is 0.179 e. The molecule has 1 N–H and O–H groups in total. The first-order chi connectivity index (χ1) is 14.7. The second-order valence-corrected chi connectivity index (χ2v) is 8.53. The molecule has 3 aromatic rings.